The summed E-state index contributed by atoms with van der Waals surface area (Å²) < 4.78 is 11.0. The molecule has 1 unspecified atom stereocenters. The van der Waals surface area contributed by atoms with Crippen LogP contribution < -0.4 is 10.1 Å². The molecule has 16 heavy (non-hydrogen) atoms. The van der Waals surface area contributed by atoms with Gasteiger partial charge in [0, 0.05) is 6.54 Å². The van der Waals surface area contributed by atoms with Gasteiger partial charge in [0.05, 0.1) is 19.8 Å². The SMILES string of the molecule is COc1ccc(COC2CCCNC2)cc1. The first-order valence-corrected chi connectivity index (χ1v) is 5.84. The van der Waals surface area contributed by atoms with Crippen molar-refractivity contribution in [1.29, 1.82) is 0 Å². The van der Waals surface area contributed by atoms with E-state index >= 15 is 0 Å². The molecule has 1 aliphatic heterocycles. The van der Waals surface area contributed by atoms with E-state index in [9.17, 15) is 0 Å². The van der Waals surface area contributed by atoms with Gasteiger partial charge in [-0.15, -0.1) is 0 Å². The minimum absolute atomic E-state index is 0.371. The maximum absolute atomic E-state index is 5.84. The second kappa shape index (κ2) is 5.87. The van der Waals surface area contributed by atoms with Crippen LogP contribution in [0.2, 0.25) is 0 Å². The lowest BCUT2D eigenvalue weighted by Gasteiger charge is -2.23. The van der Waals surface area contributed by atoms with Crippen LogP contribution in [0.5, 0.6) is 5.75 Å². The van der Waals surface area contributed by atoms with Crippen molar-refractivity contribution in [2.45, 2.75) is 25.6 Å². The van der Waals surface area contributed by atoms with Crippen molar-refractivity contribution in [3.05, 3.63) is 29.8 Å². The molecule has 1 aliphatic rings. The summed E-state index contributed by atoms with van der Waals surface area (Å²) in [5, 5.41) is 3.34. The Morgan fingerprint density at radius 2 is 2.12 bits per heavy atom. The van der Waals surface area contributed by atoms with Crippen molar-refractivity contribution < 1.29 is 9.47 Å². The maximum Gasteiger partial charge on any atom is 0.118 e. The molecule has 2 rings (SSSR count). The second-order valence-corrected chi connectivity index (χ2v) is 4.13. The third-order valence-corrected chi connectivity index (χ3v) is 2.90. The summed E-state index contributed by atoms with van der Waals surface area (Å²) in [4.78, 5) is 0. The Balaban J connectivity index is 1.79. The van der Waals surface area contributed by atoms with Crippen molar-refractivity contribution in [3.63, 3.8) is 0 Å². The molecule has 0 aromatic heterocycles. The second-order valence-electron chi connectivity index (χ2n) is 4.13. The number of hydrogen-bond donors (Lipinski definition) is 1. The van der Waals surface area contributed by atoms with Crippen LogP contribution in [0.15, 0.2) is 24.3 Å². The van der Waals surface area contributed by atoms with Crippen LogP contribution in [0.25, 0.3) is 0 Å². The molecule has 1 saturated heterocycles. The van der Waals surface area contributed by atoms with E-state index in [1.807, 2.05) is 12.1 Å². The normalized spacial score (nSPS) is 20.7. The van der Waals surface area contributed by atoms with E-state index in [1.165, 1.54) is 18.4 Å². The summed E-state index contributed by atoms with van der Waals surface area (Å²) in [5.41, 5.74) is 1.20. The van der Waals surface area contributed by atoms with Crippen molar-refractivity contribution in [2.24, 2.45) is 0 Å². The molecule has 1 aromatic carbocycles. The molecule has 0 radical (unpaired) electrons. The van der Waals surface area contributed by atoms with Gasteiger partial charge in [0.15, 0.2) is 0 Å². The summed E-state index contributed by atoms with van der Waals surface area (Å²) in [7, 11) is 1.68. The number of ether oxygens (including phenoxy) is 2. The Hall–Kier alpha value is -1.06. The Kier molecular flexibility index (Phi) is 4.19. The molecule has 0 amide bonds. The molecular weight excluding hydrogens is 202 g/mol. The van der Waals surface area contributed by atoms with Crippen molar-refractivity contribution in [1.82, 2.24) is 5.32 Å². The van der Waals surface area contributed by atoms with Crippen LogP contribution in [0, 0.1) is 0 Å². The van der Waals surface area contributed by atoms with Gasteiger partial charge in [-0.05, 0) is 37.1 Å². The third-order valence-electron chi connectivity index (χ3n) is 2.90. The number of rotatable bonds is 4. The average molecular weight is 221 g/mol. The standard InChI is InChI=1S/C13H19NO2/c1-15-12-6-4-11(5-7-12)10-16-13-3-2-8-14-9-13/h4-7,13-14H,2-3,8-10H2,1H3. The van der Waals surface area contributed by atoms with Crippen LogP contribution in [-0.2, 0) is 11.3 Å². The molecule has 0 aliphatic carbocycles. The van der Waals surface area contributed by atoms with Gasteiger partial charge in [0.25, 0.3) is 0 Å². The van der Waals surface area contributed by atoms with Gasteiger partial charge in [-0.1, -0.05) is 12.1 Å². The summed E-state index contributed by atoms with van der Waals surface area (Å²) in [6.07, 6.45) is 2.76. The Labute approximate surface area is 96.8 Å². The lowest BCUT2D eigenvalue weighted by Crippen LogP contribution is -2.35. The fraction of sp³-hybridized carbons (Fsp3) is 0.538. The molecule has 0 saturated carbocycles. The molecule has 1 heterocycles. The van der Waals surface area contributed by atoms with Crippen LogP contribution in [0.3, 0.4) is 0 Å². The van der Waals surface area contributed by atoms with E-state index < -0.39 is 0 Å². The van der Waals surface area contributed by atoms with Gasteiger partial charge in [-0.25, -0.2) is 0 Å². The van der Waals surface area contributed by atoms with Gasteiger partial charge in [-0.3, -0.25) is 0 Å². The van der Waals surface area contributed by atoms with E-state index in [-0.39, 0.29) is 0 Å². The fourth-order valence-corrected chi connectivity index (χ4v) is 1.90. The molecule has 1 atom stereocenters. The topological polar surface area (TPSA) is 30.5 Å². The maximum atomic E-state index is 5.84. The molecule has 88 valence electrons. The monoisotopic (exact) mass is 221 g/mol. The average Bonchev–Trinajstić information content (AvgIpc) is 2.38. The number of nitrogens with one attached hydrogen (secondary N) is 1. The van der Waals surface area contributed by atoms with Crippen molar-refractivity contribution >= 4 is 0 Å². The lowest BCUT2D eigenvalue weighted by atomic mass is 10.1. The van der Waals surface area contributed by atoms with E-state index in [0.717, 1.165) is 18.8 Å². The van der Waals surface area contributed by atoms with Gasteiger partial charge in [-0.2, -0.15) is 0 Å². The zero-order valence-electron chi connectivity index (χ0n) is 9.74. The first-order chi connectivity index (χ1) is 7.88. The predicted molar refractivity (Wildman–Crippen MR) is 63.7 cm³/mol. The quantitative estimate of drug-likeness (QED) is 0.843. The largest absolute Gasteiger partial charge is 0.497 e. The van der Waals surface area contributed by atoms with Gasteiger partial charge < -0.3 is 14.8 Å². The Morgan fingerprint density at radius 3 is 2.75 bits per heavy atom. The van der Waals surface area contributed by atoms with E-state index in [2.05, 4.69) is 17.4 Å². The molecular formula is C13H19NO2. The van der Waals surface area contributed by atoms with Gasteiger partial charge in [0.1, 0.15) is 5.75 Å². The van der Waals surface area contributed by atoms with Crippen molar-refractivity contribution in [2.75, 3.05) is 20.2 Å². The zero-order chi connectivity index (χ0) is 11.2. The molecule has 0 bridgehead atoms. The highest BCUT2D eigenvalue weighted by Gasteiger charge is 2.12. The summed E-state index contributed by atoms with van der Waals surface area (Å²) in [5.74, 6) is 0.892. The molecule has 1 N–H and O–H groups in total. The number of hydrogen-bond acceptors (Lipinski definition) is 3. The Bertz CT molecular complexity index is 304. The summed E-state index contributed by atoms with van der Waals surface area (Å²) in [6.45, 7) is 2.80. The van der Waals surface area contributed by atoms with Gasteiger partial charge >= 0.3 is 0 Å². The highest BCUT2D eigenvalue weighted by molar-refractivity contribution is 5.26. The third kappa shape index (κ3) is 3.22. The zero-order valence-corrected chi connectivity index (χ0v) is 9.74. The first-order valence-electron chi connectivity index (χ1n) is 5.84. The Morgan fingerprint density at radius 1 is 1.31 bits per heavy atom. The highest BCUT2D eigenvalue weighted by Crippen LogP contribution is 2.14. The predicted octanol–water partition coefficient (Wildman–Crippen LogP) is 1.96. The van der Waals surface area contributed by atoms with Gasteiger partial charge in [0.2, 0.25) is 0 Å². The molecule has 1 fully saturated rings. The highest BCUT2D eigenvalue weighted by atomic mass is 16.5. The summed E-state index contributed by atoms with van der Waals surface area (Å²) in [6, 6.07) is 8.04. The number of piperidine rings is 1. The van der Waals surface area contributed by atoms with Crippen LogP contribution in [-0.4, -0.2) is 26.3 Å². The van der Waals surface area contributed by atoms with Crippen LogP contribution >= 0.6 is 0 Å². The van der Waals surface area contributed by atoms with E-state index in [0.29, 0.717) is 12.7 Å². The minimum Gasteiger partial charge on any atom is -0.497 e. The molecule has 3 heteroatoms. The fourth-order valence-electron chi connectivity index (χ4n) is 1.90. The van der Waals surface area contributed by atoms with Crippen LogP contribution in [0.4, 0.5) is 0 Å². The van der Waals surface area contributed by atoms with E-state index in [4.69, 9.17) is 9.47 Å². The smallest absolute Gasteiger partial charge is 0.118 e. The number of benzene rings is 1. The first kappa shape index (κ1) is 11.4. The minimum atomic E-state index is 0.371. The lowest BCUT2D eigenvalue weighted by molar-refractivity contribution is 0.0253. The van der Waals surface area contributed by atoms with Crippen molar-refractivity contribution in [3.8, 4) is 5.75 Å². The van der Waals surface area contributed by atoms with Crippen LogP contribution in [0.1, 0.15) is 18.4 Å². The molecule has 3 nitrogen and oxygen atoms in total. The number of methoxy groups -OCH3 is 1. The van der Waals surface area contributed by atoms with E-state index in [1.54, 1.807) is 7.11 Å². The summed E-state index contributed by atoms with van der Waals surface area (Å²) >= 11 is 0. The molecule has 0 spiro atoms. The molecule has 1 aromatic rings.